The highest BCUT2D eigenvalue weighted by Crippen LogP contribution is 2.29. The number of likely N-dealkylation sites (tertiary alicyclic amines) is 1. The van der Waals surface area contributed by atoms with Crippen LogP contribution in [0, 0.1) is 18.3 Å². The van der Waals surface area contributed by atoms with Gasteiger partial charge in [0.05, 0.1) is 35.8 Å². The summed E-state index contributed by atoms with van der Waals surface area (Å²) in [5.74, 6) is 0.167. The first-order chi connectivity index (χ1) is 14.0. The molecule has 1 saturated heterocycles. The standard InChI is InChI=1S/C15H19N7.C6H12O/c1-10-13(14-11(7-16)8-18-15(17)20-14)9-19-22(10)12-3-5-21(2)6-4-12;7-6-4-2-1-3-5-6/h8-9,12H,3-6H2,1-2H3,(H2,17,18,20);6-7H,1-5H2. The molecule has 1 aliphatic heterocycles. The number of aromatic nitrogens is 4. The summed E-state index contributed by atoms with van der Waals surface area (Å²) in [6, 6.07) is 2.52. The number of hydrogen-bond acceptors (Lipinski definition) is 7. The number of nitrogen functional groups attached to an aromatic ring is 1. The lowest BCUT2D eigenvalue weighted by Crippen LogP contribution is -2.32. The third-order valence-corrected chi connectivity index (χ3v) is 5.84. The van der Waals surface area contributed by atoms with E-state index in [9.17, 15) is 5.26 Å². The summed E-state index contributed by atoms with van der Waals surface area (Å²) in [6.07, 6.45) is 11.3. The first-order valence-corrected chi connectivity index (χ1v) is 10.4. The summed E-state index contributed by atoms with van der Waals surface area (Å²) in [6.45, 7) is 4.16. The first-order valence-electron chi connectivity index (χ1n) is 10.4. The SMILES string of the molecule is Cc1c(-c2nc(N)ncc2C#N)cnn1C1CCN(C)CC1.OC1CCCCC1. The third-order valence-electron chi connectivity index (χ3n) is 5.84. The van der Waals surface area contributed by atoms with Crippen LogP contribution in [0.2, 0.25) is 0 Å². The molecular weight excluding hydrogens is 366 g/mol. The Morgan fingerprint density at radius 1 is 1.14 bits per heavy atom. The van der Waals surface area contributed by atoms with Gasteiger partial charge in [0.15, 0.2) is 0 Å². The molecule has 8 heteroatoms. The average molecular weight is 398 g/mol. The molecule has 3 N–H and O–H groups in total. The Bertz CT molecular complexity index is 843. The highest BCUT2D eigenvalue weighted by molar-refractivity contribution is 5.68. The molecule has 1 saturated carbocycles. The fraction of sp³-hybridized carbons (Fsp3) is 0.619. The topological polar surface area (TPSA) is 117 Å². The van der Waals surface area contributed by atoms with Crippen molar-refractivity contribution in [3.63, 3.8) is 0 Å². The number of hydrogen-bond donors (Lipinski definition) is 2. The van der Waals surface area contributed by atoms with Gasteiger partial charge in [-0.1, -0.05) is 19.3 Å². The molecule has 0 aromatic carbocycles. The minimum absolute atomic E-state index is 0.0359. The Morgan fingerprint density at radius 2 is 1.83 bits per heavy atom. The normalized spacial score (nSPS) is 18.7. The molecule has 29 heavy (non-hydrogen) atoms. The van der Waals surface area contributed by atoms with Crippen LogP contribution in [0.3, 0.4) is 0 Å². The molecule has 0 unspecified atom stereocenters. The lowest BCUT2D eigenvalue weighted by molar-refractivity contribution is 0.130. The van der Waals surface area contributed by atoms with Crippen molar-refractivity contribution in [1.82, 2.24) is 24.6 Å². The van der Waals surface area contributed by atoms with Crippen molar-refractivity contribution in [2.75, 3.05) is 25.9 Å². The van der Waals surface area contributed by atoms with Gasteiger partial charge in [-0.2, -0.15) is 10.4 Å². The van der Waals surface area contributed by atoms with Gasteiger partial charge in [-0.3, -0.25) is 4.68 Å². The fourth-order valence-electron chi connectivity index (χ4n) is 4.03. The molecule has 1 aliphatic carbocycles. The number of nitriles is 1. The van der Waals surface area contributed by atoms with Gasteiger partial charge in [-0.25, -0.2) is 9.97 Å². The fourth-order valence-corrected chi connectivity index (χ4v) is 4.03. The van der Waals surface area contributed by atoms with Gasteiger partial charge in [-0.05, 0) is 52.7 Å². The highest BCUT2D eigenvalue weighted by Gasteiger charge is 2.23. The molecule has 2 fully saturated rings. The Morgan fingerprint density at radius 3 is 2.41 bits per heavy atom. The second kappa shape index (κ2) is 9.81. The number of nitrogens with two attached hydrogens (primary N) is 1. The Labute approximate surface area is 172 Å². The number of nitrogens with zero attached hydrogens (tertiary/aromatic N) is 6. The molecule has 156 valence electrons. The molecule has 0 atom stereocenters. The minimum Gasteiger partial charge on any atom is -0.393 e. The van der Waals surface area contributed by atoms with Gasteiger partial charge < -0.3 is 15.7 Å². The highest BCUT2D eigenvalue weighted by atomic mass is 16.3. The van der Waals surface area contributed by atoms with E-state index in [1.807, 2.05) is 6.92 Å². The van der Waals surface area contributed by atoms with Gasteiger partial charge in [0.1, 0.15) is 6.07 Å². The second-order valence-corrected chi connectivity index (χ2v) is 8.02. The van der Waals surface area contributed by atoms with Crippen LogP contribution in [0.5, 0.6) is 0 Å². The zero-order valence-electron chi connectivity index (χ0n) is 17.4. The summed E-state index contributed by atoms with van der Waals surface area (Å²) in [5, 5.41) is 22.7. The first kappa shape index (κ1) is 21.2. The van der Waals surface area contributed by atoms with Crippen molar-refractivity contribution >= 4 is 5.95 Å². The lowest BCUT2D eigenvalue weighted by atomic mass is 9.98. The number of aliphatic hydroxyl groups is 1. The summed E-state index contributed by atoms with van der Waals surface area (Å²) in [7, 11) is 2.14. The van der Waals surface area contributed by atoms with Crippen LogP contribution in [0.1, 0.15) is 62.2 Å². The van der Waals surface area contributed by atoms with Gasteiger partial charge in [-0.15, -0.1) is 0 Å². The average Bonchev–Trinajstić information content (AvgIpc) is 3.11. The van der Waals surface area contributed by atoms with E-state index in [1.165, 1.54) is 25.5 Å². The van der Waals surface area contributed by atoms with E-state index in [4.69, 9.17) is 10.8 Å². The number of piperidine rings is 1. The molecule has 0 amide bonds. The van der Waals surface area contributed by atoms with Crippen LogP contribution in [0.25, 0.3) is 11.3 Å². The lowest BCUT2D eigenvalue weighted by Gasteiger charge is -2.29. The molecular formula is C21H31N7O. The largest absolute Gasteiger partial charge is 0.393 e. The monoisotopic (exact) mass is 397 g/mol. The van der Waals surface area contributed by atoms with E-state index in [2.05, 4.69) is 37.8 Å². The van der Waals surface area contributed by atoms with E-state index in [0.717, 1.165) is 50.0 Å². The van der Waals surface area contributed by atoms with Crippen molar-refractivity contribution in [1.29, 1.82) is 5.26 Å². The molecule has 2 aliphatic rings. The van der Waals surface area contributed by atoms with Crippen LogP contribution in [0.4, 0.5) is 5.95 Å². The third kappa shape index (κ3) is 5.31. The zero-order valence-corrected chi connectivity index (χ0v) is 17.4. The van der Waals surface area contributed by atoms with E-state index < -0.39 is 0 Å². The van der Waals surface area contributed by atoms with Crippen molar-refractivity contribution in [2.24, 2.45) is 0 Å². The van der Waals surface area contributed by atoms with Crippen LogP contribution >= 0.6 is 0 Å². The minimum atomic E-state index is 0.0359. The summed E-state index contributed by atoms with van der Waals surface area (Å²) < 4.78 is 2.06. The second-order valence-electron chi connectivity index (χ2n) is 8.02. The summed E-state index contributed by atoms with van der Waals surface area (Å²) in [4.78, 5) is 10.4. The van der Waals surface area contributed by atoms with Crippen molar-refractivity contribution in [2.45, 2.75) is 64.0 Å². The number of rotatable bonds is 2. The predicted octanol–water partition coefficient (Wildman–Crippen LogP) is 2.68. The molecule has 0 radical (unpaired) electrons. The molecule has 4 rings (SSSR count). The maximum absolute atomic E-state index is 9.24. The van der Waals surface area contributed by atoms with Crippen LogP contribution in [0.15, 0.2) is 12.4 Å². The Balaban J connectivity index is 0.000000290. The molecule has 0 bridgehead atoms. The molecule has 3 heterocycles. The maximum atomic E-state index is 9.24. The van der Waals surface area contributed by atoms with Gasteiger partial charge in [0.25, 0.3) is 0 Å². The van der Waals surface area contributed by atoms with E-state index in [-0.39, 0.29) is 12.1 Å². The Hall–Kier alpha value is -2.50. The Kier molecular flexibility index (Phi) is 7.18. The zero-order chi connectivity index (χ0) is 20.8. The number of aliphatic hydroxyl groups excluding tert-OH is 1. The molecule has 0 spiro atoms. The van der Waals surface area contributed by atoms with Gasteiger partial charge in [0.2, 0.25) is 5.95 Å². The smallest absolute Gasteiger partial charge is 0.220 e. The van der Waals surface area contributed by atoms with Crippen molar-refractivity contribution in [3.05, 3.63) is 23.7 Å². The van der Waals surface area contributed by atoms with Crippen LogP contribution in [-0.2, 0) is 0 Å². The van der Waals surface area contributed by atoms with E-state index in [1.54, 1.807) is 6.20 Å². The van der Waals surface area contributed by atoms with Crippen molar-refractivity contribution in [3.8, 4) is 17.3 Å². The van der Waals surface area contributed by atoms with Crippen LogP contribution < -0.4 is 5.73 Å². The van der Waals surface area contributed by atoms with Gasteiger partial charge in [0, 0.05) is 11.3 Å². The molecule has 2 aromatic rings. The molecule has 8 nitrogen and oxygen atoms in total. The number of anilines is 1. The summed E-state index contributed by atoms with van der Waals surface area (Å²) in [5.41, 5.74) is 8.52. The van der Waals surface area contributed by atoms with E-state index in [0.29, 0.717) is 17.3 Å². The quantitative estimate of drug-likeness (QED) is 0.800. The van der Waals surface area contributed by atoms with E-state index >= 15 is 0 Å². The van der Waals surface area contributed by atoms with Crippen LogP contribution in [-0.4, -0.2) is 56.0 Å². The van der Waals surface area contributed by atoms with Crippen molar-refractivity contribution < 1.29 is 5.11 Å². The predicted molar refractivity (Wildman–Crippen MR) is 112 cm³/mol. The van der Waals surface area contributed by atoms with Gasteiger partial charge >= 0.3 is 0 Å². The maximum Gasteiger partial charge on any atom is 0.220 e. The molecule has 2 aromatic heterocycles. The summed E-state index contributed by atoms with van der Waals surface area (Å²) >= 11 is 0.